The number of para-hydroxylation sites is 4. The molecule has 0 saturated heterocycles. The van der Waals surface area contributed by atoms with Crippen LogP contribution in [0.3, 0.4) is 0 Å². The Morgan fingerprint density at radius 2 is 1.23 bits per heavy atom. The fourth-order valence-electron chi connectivity index (χ4n) is 9.35. The number of aromatic nitrogens is 5. The number of H-pyrrole nitrogens is 1. The quantitative estimate of drug-likeness (QED) is 0.191. The van der Waals surface area contributed by atoms with Crippen molar-refractivity contribution < 1.29 is 0 Å². The van der Waals surface area contributed by atoms with Gasteiger partial charge in [-0.05, 0) is 122 Å². The Morgan fingerprint density at radius 3 is 2.05 bits per heavy atom. The molecule has 57 heavy (non-hydrogen) atoms. The molecule has 4 aromatic heterocycles. The van der Waals surface area contributed by atoms with E-state index in [2.05, 4.69) is 187 Å². The van der Waals surface area contributed by atoms with Gasteiger partial charge in [0.15, 0.2) is 0 Å². The number of benzene rings is 7. The Bertz CT molecular complexity index is 3360. The highest BCUT2D eigenvalue weighted by molar-refractivity contribution is 6.14. The minimum Gasteiger partial charge on any atom is -0.354 e. The molecule has 5 nitrogen and oxygen atoms in total. The van der Waals surface area contributed by atoms with Gasteiger partial charge in [-0.2, -0.15) is 0 Å². The van der Waals surface area contributed by atoms with E-state index >= 15 is 0 Å². The van der Waals surface area contributed by atoms with Gasteiger partial charge < -0.3 is 4.98 Å². The van der Waals surface area contributed by atoms with E-state index in [1.165, 1.54) is 54.9 Å². The van der Waals surface area contributed by atoms with E-state index in [-0.39, 0.29) is 0 Å². The Labute approximate surface area is 330 Å². The van der Waals surface area contributed by atoms with Crippen LogP contribution in [0.2, 0.25) is 0 Å². The maximum atomic E-state index is 5.56. The number of rotatable bonds is 5. The molecule has 0 saturated carbocycles. The highest BCUT2D eigenvalue weighted by Gasteiger charge is 2.22. The predicted octanol–water partition coefficient (Wildman–Crippen LogP) is 13.4. The average molecular weight is 734 g/mol. The normalized spacial score (nSPS) is 11.9. The third kappa shape index (κ3) is 5.09. The first-order valence-electron chi connectivity index (χ1n) is 19.6. The summed E-state index contributed by atoms with van der Waals surface area (Å²) in [6.45, 7) is 8.87. The lowest BCUT2D eigenvalue weighted by molar-refractivity contribution is 1.08. The van der Waals surface area contributed by atoms with Crippen molar-refractivity contribution in [3.63, 3.8) is 0 Å². The zero-order valence-electron chi connectivity index (χ0n) is 32.3. The second-order valence-corrected chi connectivity index (χ2v) is 15.4. The smallest absolute Gasteiger partial charge is 0.147 e. The molecule has 0 unspecified atom stereocenters. The molecule has 0 spiro atoms. The predicted molar refractivity (Wildman–Crippen MR) is 238 cm³/mol. The number of hydrogen-bond acceptors (Lipinski definition) is 2. The van der Waals surface area contributed by atoms with Crippen molar-refractivity contribution in [1.82, 2.24) is 24.1 Å². The van der Waals surface area contributed by atoms with Gasteiger partial charge in [0.2, 0.25) is 0 Å². The number of aromatic amines is 1. The fourth-order valence-corrected chi connectivity index (χ4v) is 9.35. The number of nitrogens with zero attached hydrogens (tertiary/aromatic N) is 4. The van der Waals surface area contributed by atoms with Crippen molar-refractivity contribution in [2.45, 2.75) is 27.7 Å². The van der Waals surface area contributed by atoms with Crippen LogP contribution in [0.1, 0.15) is 22.3 Å². The van der Waals surface area contributed by atoms with Gasteiger partial charge in [-0.25, -0.2) is 9.97 Å². The van der Waals surface area contributed by atoms with Crippen molar-refractivity contribution in [3.05, 3.63) is 180 Å². The molecule has 11 aromatic rings. The lowest BCUT2D eigenvalue weighted by Gasteiger charge is -2.15. The minimum atomic E-state index is 0.893. The molecule has 7 aromatic carbocycles. The summed E-state index contributed by atoms with van der Waals surface area (Å²) in [5.74, 6) is 1.79. The molecule has 0 aliphatic rings. The topological polar surface area (TPSA) is 51.4 Å². The van der Waals surface area contributed by atoms with E-state index < -0.39 is 0 Å². The SMILES string of the molecule is Cc1cc(C)c(-c2cc3c4ccc(-c5cccc6c5nc(-c5cccc7c5[nH]c5ccccc57)n6-c5ccccc5)cc4n(-c4ccccn4)c3cc2C)c(C)c1. The summed E-state index contributed by atoms with van der Waals surface area (Å²) in [5.41, 5.74) is 18.5. The lowest BCUT2D eigenvalue weighted by Crippen LogP contribution is -1.98. The summed E-state index contributed by atoms with van der Waals surface area (Å²) in [7, 11) is 0. The highest BCUT2D eigenvalue weighted by Crippen LogP contribution is 2.42. The summed E-state index contributed by atoms with van der Waals surface area (Å²) in [6, 6.07) is 54.5. The number of nitrogens with one attached hydrogen (secondary N) is 1. The Kier molecular flexibility index (Phi) is 7.35. The zero-order valence-corrected chi connectivity index (χ0v) is 32.3. The minimum absolute atomic E-state index is 0.893. The van der Waals surface area contributed by atoms with Gasteiger partial charge in [-0.15, -0.1) is 0 Å². The molecule has 0 bridgehead atoms. The van der Waals surface area contributed by atoms with Crippen molar-refractivity contribution in [2.75, 3.05) is 0 Å². The zero-order chi connectivity index (χ0) is 38.4. The van der Waals surface area contributed by atoms with Crippen LogP contribution < -0.4 is 0 Å². The van der Waals surface area contributed by atoms with E-state index in [0.717, 1.165) is 67.1 Å². The second kappa shape index (κ2) is 12.7. The van der Waals surface area contributed by atoms with Gasteiger partial charge in [0.05, 0.1) is 27.6 Å². The maximum Gasteiger partial charge on any atom is 0.147 e. The summed E-state index contributed by atoms with van der Waals surface area (Å²) in [5, 5.41) is 4.80. The molecule has 0 fully saturated rings. The van der Waals surface area contributed by atoms with E-state index in [4.69, 9.17) is 9.97 Å². The lowest BCUT2D eigenvalue weighted by atomic mass is 9.90. The second-order valence-electron chi connectivity index (χ2n) is 15.4. The summed E-state index contributed by atoms with van der Waals surface area (Å²) < 4.78 is 4.63. The molecule has 0 amide bonds. The third-order valence-electron chi connectivity index (χ3n) is 11.7. The van der Waals surface area contributed by atoms with Crippen LogP contribution in [0.4, 0.5) is 0 Å². The molecule has 0 aliphatic carbocycles. The van der Waals surface area contributed by atoms with Crippen LogP contribution >= 0.6 is 0 Å². The first kappa shape index (κ1) is 33.1. The number of imidazole rings is 1. The van der Waals surface area contributed by atoms with Gasteiger partial charge in [0.1, 0.15) is 11.6 Å². The molecule has 0 radical (unpaired) electrons. The van der Waals surface area contributed by atoms with Crippen molar-refractivity contribution >= 4 is 54.6 Å². The van der Waals surface area contributed by atoms with Crippen LogP contribution in [0.5, 0.6) is 0 Å². The van der Waals surface area contributed by atoms with E-state index in [9.17, 15) is 0 Å². The largest absolute Gasteiger partial charge is 0.354 e. The van der Waals surface area contributed by atoms with Gasteiger partial charge in [0.25, 0.3) is 0 Å². The standard InChI is InChI=1S/C52H39N5/c1-31-26-33(3)49(34(4)27-31)42-30-43-39-24-23-35(29-47(39)57(46(43)28-32(42)2)48-22-10-11-25-53-48)37-17-13-21-45-51(37)55-52(56(45)36-14-6-5-7-15-36)41-19-12-18-40-38-16-8-9-20-44(38)54-50(40)41/h5-30,54H,1-4H3. The summed E-state index contributed by atoms with van der Waals surface area (Å²) >= 11 is 0. The molecular formula is C52H39N5. The van der Waals surface area contributed by atoms with Crippen molar-refractivity contribution in [1.29, 1.82) is 0 Å². The third-order valence-corrected chi connectivity index (χ3v) is 11.7. The number of hydrogen-bond donors (Lipinski definition) is 1. The Morgan fingerprint density at radius 1 is 0.491 bits per heavy atom. The molecular weight excluding hydrogens is 695 g/mol. The molecule has 11 rings (SSSR count). The first-order valence-corrected chi connectivity index (χ1v) is 19.6. The molecule has 272 valence electrons. The van der Waals surface area contributed by atoms with Crippen LogP contribution in [-0.4, -0.2) is 24.1 Å². The number of aryl methyl sites for hydroxylation is 4. The molecule has 4 heterocycles. The van der Waals surface area contributed by atoms with Crippen LogP contribution in [0.15, 0.2) is 158 Å². The number of pyridine rings is 1. The Hall–Kier alpha value is -7.24. The van der Waals surface area contributed by atoms with Crippen LogP contribution in [0, 0.1) is 27.7 Å². The highest BCUT2D eigenvalue weighted by atomic mass is 15.1. The van der Waals surface area contributed by atoms with Crippen LogP contribution in [0.25, 0.3) is 99.8 Å². The van der Waals surface area contributed by atoms with Gasteiger partial charge >= 0.3 is 0 Å². The summed E-state index contributed by atoms with van der Waals surface area (Å²) in [4.78, 5) is 14.2. The average Bonchev–Trinajstić information content (AvgIpc) is 3.90. The van der Waals surface area contributed by atoms with Crippen molar-refractivity contribution in [3.8, 4) is 45.1 Å². The number of fused-ring (bicyclic) bond motifs is 7. The monoisotopic (exact) mass is 733 g/mol. The van der Waals surface area contributed by atoms with E-state index in [0.29, 0.717) is 0 Å². The molecule has 0 atom stereocenters. The van der Waals surface area contributed by atoms with Gasteiger partial charge in [0, 0.05) is 50.1 Å². The Balaban J connectivity index is 1.17. The maximum absolute atomic E-state index is 5.56. The van der Waals surface area contributed by atoms with Gasteiger partial charge in [-0.3, -0.25) is 9.13 Å². The molecule has 0 aliphatic heterocycles. The molecule has 1 N–H and O–H groups in total. The first-order chi connectivity index (χ1) is 27.9. The van der Waals surface area contributed by atoms with E-state index in [1.807, 2.05) is 12.3 Å². The van der Waals surface area contributed by atoms with Crippen LogP contribution in [-0.2, 0) is 0 Å². The van der Waals surface area contributed by atoms with Crippen molar-refractivity contribution in [2.24, 2.45) is 0 Å². The van der Waals surface area contributed by atoms with E-state index in [1.54, 1.807) is 0 Å². The molecule has 5 heteroatoms. The summed E-state index contributed by atoms with van der Waals surface area (Å²) in [6.07, 6.45) is 1.88. The fraction of sp³-hybridized carbons (Fsp3) is 0.0769. The van der Waals surface area contributed by atoms with Gasteiger partial charge in [-0.1, -0.05) is 96.6 Å².